The van der Waals surface area contributed by atoms with Gasteiger partial charge < -0.3 is 9.73 Å². The maximum Gasteiger partial charge on any atom is 0.287 e. The molecule has 1 amide bonds. The van der Waals surface area contributed by atoms with Crippen LogP contribution in [-0.2, 0) is 6.54 Å². The highest BCUT2D eigenvalue weighted by Crippen LogP contribution is 2.01. The Hall–Kier alpha value is -2.51. The van der Waals surface area contributed by atoms with Crippen molar-refractivity contribution < 1.29 is 9.21 Å². The van der Waals surface area contributed by atoms with Crippen LogP contribution >= 0.6 is 0 Å². The largest absolute Gasteiger partial charge is 0.459 e. The number of nitrogens with zero attached hydrogens (tertiary/aromatic N) is 1. The lowest BCUT2D eigenvalue weighted by molar-refractivity contribution is 0.0931. The van der Waals surface area contributed by atoms with E-state index in [1.807, 2.05) is 25.2 Å². The maximum atomic E-state index is 11.6. The maximum absolute atomic E-state index is 11.6. The van der Waals surface area contributed by atoms with Crippen LogP contribution in [0, 0.1) is 11.8 Å². The smallest absolute Gasteiger partial charge is 0.287 e. The molecule has 1 aromatic carbocycles. The third-order valence-corrected chi connectivity index (χ3v) is 2.85. The Morgan fingerprint density at radius 1 is 1.19 bits per heavy atom. The predicted molar refractivity (Wildman–Crippen MR) is 81.6 cm³/mol. The molecular weight excluding hydrogens is 264 g/mol. The number of carbonyl (C=O) groups excluding carboxylic acids is 1. The fourth-order valence-corrected chi connectivity index (χ4v) is 1.82. The minimum absolute atomic E-state index is 0.244. The third-order valence-electron chi connectivity index (χ3n) is 2.85. The van der Waals surface area contributed by atoms with Crippen molar-refractivity contribution in [2.45, 2.75) is 6.54 Å². The molecule has 21 heavy (non-hydrogen) atoms. The fraction of sp³-hybridized carbons (Fsp3) is 0.235. The van der Waals surface area contributed by atoms with E-state index in [1.165, 1.54) is 11.8 Å². The molecule has 1 heterocycles. The van der Waals surface area contributed by atoms with E-state index in [0.717, 1.165) is 6.54 Å². The van der Waals surface area contributed by atoms with Crippen molar-refractivity contribution in [3.8, 4) is 11.8 Å². The van der Waals surface area contributed by atoms with Crippen LogP contribution in [0.25, 0.3) is 0 Å². The number of amides is 1. The minimum Gasteiger partial charge on any atom is -0.459 e. The van der Waals surface area contributed by atoms with Crippen molar-refractivity contribution in [3.05, 3.63) is 60.1 Å². The molecule has 108 valence electrons. The summed E-state index contributed by atoms with van der Waals surface area (Å²) in [5.74, 6) is 6.03. The average Bonchev–Trinajstić information content (AvgIpc) is 3.02. The molecular formula is C17H18N2O2. The summed E-state index contributed by atoms with van der Waals surface area (Å²) < 4.78 is 4.99. The Morgan fingerprint density at radius 2 is 2.00 bits per heavy atom. The number of furan rings is 1. The summed E-state index contributed by atoms with van der Waals surface area (Å²) in [6.07, 6.45) is 1.47. The summed E-state index contributed by atoms with van der Waals surface area (Å²) in [4.78, 5) is 13.7. The molecule has 0 unspecified atom stereocenters. The van der Waals surface area contributed by atoms with Gasteiger partial charge in [0.2, 0.25) is 0 Å². The van der Waals surface area contributed by atoms with Crippen molar-refractivity contribution in [2.75, 3.05) is 20.1 Å². The topological polar surface area (TPSA) is 45.5 Å². The second-order valence-electron chi connectivity index (χ2n) is 4.67. The highest BCUT2D eigenvalue weighted by molar-refractivity contribution is 5.91. The van der Waals surface area contributed by atoms with Gasteiger partial charge in [0, 0.05) is 6.54 Å². The molecule has 0 saturated carbocycles. The Kier molecular flexibility index (Phi) is 5.62. The molecule has 1 N–H and O–H groups in total. The van der Waals surface area contributed by atoms with E-state index in [0.29, 0.717) is 18.8 Å². The first-order valence-corrected chi connectivity index (χ1v) is 6.75. The number of nitrogens with one attached hydrogen (secondary N) is 1. The monoisotopic (exact) mass is 282 g/mol. The standard InChI is InChI=1S/C17H18N2O2/c1-19(14-15-8-3-2-4-9-15)12-6-5-11-18-17(20)16-10-7-13-21-16/h2-4,7-10,13H,11-12,14H2,1H3,(H,18,20). The normalized spacial score (nSPS) is 10.0. The van der Waals surface area contributed by atoms with Gasteiger partial charge in [-0.05, 0) is 24.7 Å². The van der Waals surface area contributed by atoms with Crippen molar-refractivity contribution >= 4 is 5.91 Å². The van der Waals surface area contributed by atoms with E-state index in [1.54, 1.807) is 12.1 Å². The van der Waals surface area contributed by atoms with Crippen LogP contribution in [-0.4, -0.2) is 30.9 Å². The molecule has 0 aliphatic heterocycles. The lowest BCUT2D eigenvalue weighted by atomic mass is 10.2. The van der Waals surface area contributed by atoms with Crippen LogP contribution in [0.15, 0.2) is 53.1 Å². The molecule has 2 aromatic rings. The molecule has 0 spiro atoms. The molecule has 4 heteroatoms. The highest BCUT2D eigenvalue weighted by atomic mass is 16.3. The molecule has 0 bridgehead atoms. The van der Waals surface area contributed by atoms with Crippen molar-refractivity contribution in [1.82, 2.24) is 10.2 Å². The van der Waals surface area contributed by atoms with Crippen LogP contribution in [0.3, 0.4) is 0 Å². The Balaban J connectivity index is 1.68. The molecule has 0 atom stereocenters. The second kappa shape index (κ2) is 7.93. The second-order valence-corrected chi connectivity index (χ2v) is 4.67. The first-order valence-electron chi connectivity index (χ1n) is 6.75. The number of rotatable bonds is 5. The van der Waals surface area contributed by atoms with E-state index in [-0.39, 0.29) is 5.91 Å². The zero-order valence-electron chi connectivity index (χ0n) is 12.0. The van der Waals surface area contributed by atoms with E-state index in [4.69, 9.17) is 4.42 Å². The van der Waals surface area contributed by atoms with E-state index >= 15 is 0 Å². The van der Waals surface area contributed by atoms with Crippen molar-refractivity contribution in [3.63, 3.8) is 0 Å². The minimum atomic E-state index is -0.244. The molecule has 0 aliphatic rings. The summed E-state index contributed by atoms with van der Waals surface area (Å²) in [7, 11) is 2.02. The van der Waals surface area contributed by atoms with Gasteiger partial charge in [-0.15, -0.1) is 0 Å². The Bertz CT molecular complexity index is 609. The SMILES string of the molecule is CN(CC#CCNC(=O)c1ccco1)Cc1ccccc1. The van der Waals surface area contributed by atoms with Crippen LogP contribution in [0.5, 0.6) is 0 Å². The summed E-state index contributed by atoms with van der Waals surface area (Å²) in [5.41, 5.74) is 1.26. The number of benzene rings is 1. The molecule has 0 fully saturated rings. The number of carbonyl (C=O) groups is 1. The van der Waals surface area contributed by atoms with Gasteiger partial charge in [0.15, 0.2) is 5.76 Å². The van der Waals surface area contributed by atoms with E-state index < -0.39 is 0 Å². The molecule has 0 aliphatic carbocycles. The third kappa shape index (κ3) is 5.17. The van der Waals surface area contributed by atoms with Gasteiger partial charge in [0.05, 0.1) is 19.4 Å². The summed E-state index contributed by atoms with van der Waals surface area (Å²) in [6, 6.07) is 13.5. The fourth-order valence-electron chi connectivity index (χ4n) is 1.82. The first-order chi connectivity index (χ1) is 10.3. The van der Waals surface area contributed by atoms with Crippen LogP contribution < -0.4 is 5.32 Å². The van der Waals surface area contributed by atoms with Crippen molar-refractivity contribution in [1.29, 1.82) is 0 Å². The quantitative estimate of drug-likeness (QED) is 0.855. The molecule has 2 rings (SSSR count). The molecule has 1 aromatic heterocycles. The summed E-state index contributed by atoms with van der Waals surface area (Å²) >= 11 is 0. The molecule has 4 nitrogen and oxygen atoms in total. The summed E-state index contributed by atoms with van der Waals surface area (Å²) in [6.45, 7) is 1.83. The van der Waals surface area contributed by atoms with E-state index in [9.17, 15) is 4.79 Å². The van der Waals surface area contributed by atoms with Gasteiger partial charge in [0.1, 0.15) is 0 Å². The van der Waals surface area contributed by atoms with Gasteiger partial charge in [-0.25, -0.2) is 0 Å². The number of hydrogen-bond acceptors (Lipinski definition) is 3. The highest BCUT2D eigenvalue weighted by Gasteiger charge is 2.05. The Labute approximate surface area is 124 Å². The van der Waals surface area contributed by atoms with Crippen LogP contribution in [0.2, 0.25) is 0 Å². The molecule has 0 saturated heterocycles. The average molecular weight is 282 g/mol. The van der Waals surface area contributed by atoms with Gasteiger partial charge in [-0.1, -0.05) is 42.2 Å². The summed E-state index contributed by atoms with van der Waals surface area (Å²) in [5, 5.41) is 2.68. The van der Waals surface area contributed by atoms with E-state index in [2.05, 4.69) is 34.2 Å². The van der Waals surface area contributed by atoms with Crippen LogP contribution in [0.4, 0.5) is 0 Å². The van der Waals surface area contributed by atoms with Crippen LogP contribution in [0.1, 0.15) is 16.1 Å². The lowest BCUT2D eigenvalue weighted by Crippen LogP contribution is -2.23. The first kappa shape index (κ1) is 14.9. The van der Waals surface area contributed by atoms with Crippen molar-refractivity contribution in [2.24, 2.45) is 0 Å². The van der Waals surface area contributed by atoms with Gasteiger partial charge in [0.25, 0.3) is 5.91 Å². The molecule has 0 radical (unpaired) electrons. The zero-order valence-corrected chi connectivity index (χ0v) is 12.0. The predicted octanol–water partition coefficient (Wildman–Crippen LogP) is 2.14. The van der Waals surface area contributed by atoms with Gasteiger partial charge in [-0.2, -0.15) is 0 Å². The lowest BCUT2D eigenvalue weighted by Gasteiger charge is -2.12. The van der Waals surface area contributed by atoms with Gasteiger partial charge in [-0.3, -0.25) is 9.69 Å². The zero-order chi connectivity index (χ0) is 14.9. The van der Waals surface area contributed by atoms with Gasteiger partial charge >= 0.3 is 0 Å². The number of hydrogen-bond donors (Lipinski definition) is 1. The Morgan fingerprint density at radius 3 is 2.71 bits per heavy atom.